The number of primary amides is 1. The standard InChI is InChI=1S/C12H11N3O2/c13-12(17)9-4-2-6-14-10(9)7-8-3-1-5-11(16)15-8/h1-6H,7H2,(H2,13,17)(H,15,16). The molecule has 0 aliphatic carbocycles. The predicted molar refractivity (Wildman–Crippen MR) is 61.5 cm³/mol. The maximum atomic E-state index is 11.2. The highest BCUT2D eigenvalue weighted by Gasteiger charge is 2.09. The molecule has 0 saturated carbocycles. The summed E-state index contributed by atoms with van der Waals surface area (Å²) in [5.41, 5.74) is 6.81. The molecular weight excluding hydrogens is 218 g/mol. The number of carbonyl (C=O) groups is 1. The molecule has 17 heavy (non-hydrogen) atoms. The minimum atomic E-state index is -0.520. The van der Waals surface area contributed by atoms with Gasteiger partial charge in [-0.15, -0.1) is 0 Å². The summed E-state index contributed by atoms with van der Waals surface area (Å²) in [5.74, 6) is -0.577. The van der Waals surface area contributed by atoms with Crippen molar-refractivity contribution < 1.29 is 9.90 Å². The van der Waals surface area contributed by atoms with Crippen molar-refractivity contribution in [2.75, 3.05) is 0 Å². The Kier molecular flexibility index (Phi) is 3.00. The molecule has 2 heterocycles. The minimum absolute atomic E-state index is 0.0564. The highest BCUT2D eigenvalue weighted by atomic mass is 16.3. The Morgan fingerprint density at radius 1 is 1.29 bits per heavy atom. The first-order valence-electron chi connectivity index (χ1n) is 5.05. The summed E-state index contributed by atoms with van der Waals surface area (Å²) in [4.78, 5) is 19.2. The van der Waals surface area contributed by atoms with Crippen molar-refractivity contribution in [3.05, 3.63) is 53.5 Å². The molecule has 0 atom stereocenters. The molecule has 2 aromatic heterocycles. The molecule has 2 rings (SSSR count). The van der Waals surface area contributed by atoms with Gasteiger partial charge < -0.3 is 10.8 Å². The van der Waals surface area contributed by atoms with Crippen molar-refractivity contribution in [1.82, 2.24) is 9.97 Å². The fourth-order valence-electron chi connectivity index (χ4n) is 1.54. The molecule has 3 N–H and O–H groups in total. The molecular formula is C12H11N3O2. The fraction of sp³-hybridized carbons (Fsp3) is 0.0833. The van der Waals surface area contributed by atoms with Crippen LogP contribution < -0.4 is 5.73 Å². The maximum absolute atomic E-state index is 11.2. The van der Waals surface area contributed by atoms with E-state index < -0.39 is 5.91 Å². The second-order valence-corrected chi connectivity index (χ2v) is 3.53. The number of pyridine rings is 2. The van der Waals surface area contributed by atoms with E-state index in [2.05, 4.69) is 9.97 Å². The third-order valence-corrected chi connectivity index (χ3v) is 2.30. The first-order valence-corrected chi connectivity index (χ1v) is 5.05. The molecule has 0 saturated heterocycles. The quantitative estimate of drug-likeness (QED) is 0.817. The van der Waals surface area contributed by atoms with Crippen molar-refractivity contribution in [3.8, 4) is 5.88 Å². The van der Waals surface area contributed by atoms with Gasteiger partial charge >= 0.3 is 0 Å². The van der Waals surface area contributed by atoms with Crippen LogP contribution in [-0.4, -0.2) is 21.0 Å². The van der Waals surface area contributed by atoms with E-state index in [-0.39, 0.29) is 5.88 Å². The van der Waals surface area contributed by atoms with E-state index in [0.717, 1.165) is 0 Å². The van der Waals surface area contributed by atoms with Crippen LogP contribution in [0, 0.1) is 0 Å². The molecule has 86 valence electrons. The van der Waals surface area contributed by atoms with Crippen molar-refractivity contribution in [2.45, 2.75) is 6.42 Å². The third-order valence-electron chi connectivity index (χ3n) is 2.30. The minimum Gasteiger partial charge on any atom is -0.493 e. The van der Waals surface area contributed by atoms with E-state index in [1.165, 1.54) is 6.07 Å². The Morgan fingerprint density at radius 3 is 2.82 bits per heavy atom. The molecule has 5 nitrogen and oxygen atoms in total. The van der Waals surface area contributed by atoms with Crippen LogP contribution in [0.2, 0.25) is 0 Å². The number of nitrogens with two attached hydrogens (primary N) is 1. The lowest BCUT2D eigenvalue weighted by Crippen LogP contribution is -2.15. The predicted octanol–water partition coefficient (Wildman–Crippen LogP) is 0.872. The highest BCUT2D eigenvalue weighted by molar-refractivity contribution is 5.93. The van der Waals surface area contributed by atoms with Crippen LogP contribution in [0.4, 0.5) is 0 Å². The molecule has 0 bridgehead atoms. The molecule has 0 aliphatic heterocycles. The van der Waals surface area contributed by atoms with Gasteiger partial charge in [0, 0.05) is 18.7 Å². The van der Waals surface area contributed by atoms with Gasteiger partial charge in [0.15, 0.2) is 0 Å². The SMILES string of the molecule is NC(=O)c1cccnc1Cc1cccc(O)n1. The van der Waals surface area contributed by atoms with Gasteiger partial charge in [0.1, 0.15) is 0 Å². The zero-order valence-electron chi connectivity index (χ0n) is 9.00. The summed E-state index contributed by atoms with van der Waals surface area (Å²) >= 11 is 0. The average molecular weight is 229 g/mol. The van der Waals surface area contributed by atoms with Gasteiger partial charge in [-0.2, -0.15) is 0 Å². The monoisotopic (exact) mass is 229 g/mol. The summed E-state index contributed by atoms with van der Waals surface area (Å²) in [5, 5.41) is 9.25. The van der Waals surface area contributed by atoms with Crippen LogP contribution in [0.15, 0.2) is 36.5 Å². The summed E-state index contributed by atoms with van der Waals surface area (Å²) in [6.45, 7) is 0. The Morgan fingerprint density at radius 2 is 2.12 bits per heavy atom. The Labute approximate surface area is 98.0 Å². The topological polar surface area (TPSA) is 89.1 Å². The lowest BCUT2D eigenvalue weighted by Gasteiger charge is -2.04. The molecule has 0 radical (unpaired) electrons. The number of amides is 1. The van der Waals surface area contributed by atoms with E-state index in [4.69, 9.17) is 5.73 Å². The summed E-state index contributed by atoms with van der Waals surface area (Å²) in [6.07, 6.45) is 1.94. The molecule has 1 amide bonds. The van der Waals surface area contributed by atoms with E-state index >= 15 is 0 Å². The van der Waals surface area contributed by atoms with Gasteiger partial charge in [-0.3, -0.25) is 9.78 Å². The zero-order valence-corrected chi connectivity index (χ0v) is 9.00. The number of carbonyl (C=O) groups excluding carboxylic acids is 1. The number of nitrogens with zero attached hydrogens (tertiary/aromatic N) is 2. The Balaban J connectivity index is 2.33. The molecule has 0 fully saturated rings. The van der Waals surface area contributed by atoms with E-state index in [0.29, 0.717) is 23.4 Å². The number of hydrogen-bond acceptors (Lipinski definition) is 4. The van der Waals surface area contributed by atoms with Gasteiger partial charge in [0.25, 0.3) is 5.91 Å². The number of rotatable bonds is 3. The van der Waals surface area contributed by atoms with Crippen LogP contribution in [0.3, 0.4) is 0 Å². The molecule has 0 aliphatic rings. The molecule has 5 heteroatoms. The van der Waals surface area contributed by atoms with Gasteiger partial charge in [-0.1, -0.05) is 6.07 Å². The molecule has 0 unspecified atom stereocenters. The second kappa shape index (κ2) is 4.61. The van der Waals surface area contributed by atoms with Crippen molar-refractivity contribution in [2.24, 2.45) is 5.73 Å². The Hall–Kier alpha value is -2.43. The average Bonchev–Trinajstić information content (AvgIpc) is 2.29. The van der Waals surface area contributed by atoms with Gasteiger partial charge in [-0.05, 0) is 18.2 Å². The summed E-state index contributed by atoms with van der Waals surface area (Å²) in [6, 6.07) is 8.19. The van der Waals surface area contributed by atoms with Crippen molar-refractivity contribution in [1.29, 1.82) is 0 Å². The van der Waals surface area contributed by atoms with Crippen LogP contribution in [0.25, 0.3) is 0 Å². The van der Waals surface area contributed by atoms with Crippen LogP contribution in [0.5, 0.6) is 5.88 Å². The van der Waals surface area contributed by atoms with Crippen LogP contribution >= 0.6 is 0 Å². The van der Waals surface area contributed by atoms with E-state index in [9.17, 15) is 9.90 Å². The van der Waals surface area contributed by atoms with E-state index in [1.807, 2.05) is 0 Å². The largest absolute Gasteiger partial charge is 0.493 e. The molecule has 2 aromatic rings. The number of aromatic nitrogens is 2. The second-order valence-electron chi connectivity index (χ2n) is 3.53. The van der Waals surface area contributed by atoms with Gasteiger partial charge in [-0.25, -0.2) is 4.98 Å². The maximum Gasteiger partial charge on any atom is 0.250 e. The first kappa shape index (κ1) is 11.1. The lowest BCUT2D eigenvalue weighted by atomic mass is 10.1. The normalized spacial score (nSPS) is 10.1. The Bertz CT molecular complexity index is 555. The highest BCUT2D eigenvalue weighted by Crippen LogP contribution is 2.12. The van der Waals surface area contributed by atoms with Gasteiger partial charge in [0.05, 0.1) is 17.0 Å². The first-order chi connectivity index (χ1) is 8.16. The summed E-state index contributed by atoms with van der Waals surface area (Å²) in [7, 11) is 0. The zero-order chi connectivity index (χ0) is 12.3. The smallest absolute Gasteiger partial charge is 0.250 e. The third kappa shape index (κ3) is 2.57. The summed E-state index contributed by atoms with van der Waals surface area (Å²) < 4.78 is 0. The van der Waals surface area contributed by atoms with Crippen molar-refractivity contribution >= 4 is 5.91 Å². The molecule has 0 spiro atoms. The lowest BCUT2D eigenvalue weighted by molar-refractivity contribution is 0.0999. The van der Waals surface area contributed by atoms with Gasteiger partial charge in [0.2, 0.25) is 5.88 Å². The van der Waals surface area contributed by atoms with Crippen molar-refractivity contribution in [3.63, 3.8) is 0 Å². The number of hydrogen-bond donors (Lipinski definition) is 2. The number of aromatic hydroxyl groups is 1. The van der Waals surface area contributed by atoms with Crippen LogP contribution in [-0.2, 0) is 6.42 Å². The fourth-order valence-corrected chi connectivity index (χ4v) is 1.54. The molecule has 0 aromatic carbocycles. The van der Waals surface area contributed by atoms with E-state index in [1.54, 1.807) is 30.5 Å². The van der Waals surface area contributed by atoms with Crippen LogP contribution in [0.1, 0.15) is 21.7 Å².